The molecule has 0 atom stereocenters. The van der Waals surface area contributed by atoms with Gasteiger partial charge in [-0.15, -0.1) is 0 Å². The van der Waals surface area contributed by atoms with Crippen molar-refractivity contribution in [3.05, 3.63) is 63.9 Å². The van der Waals surface area contributed by atoms with Crippen LogP contribution in [0.3, 0.4) is 0 Å². The molecule has 1 saturated heterocycles. The van der Waals surface area contributed by atoms with Crippen LogP contribution in [0.15, 0.2) is 53.3 Å². The molecule has 0 radical (unpaired) electrons. The van der Waals surface area contributed by atoms with Crippen molar-refractivity contribution in [2.24, 2.45) is 0 Å². The van der Waals surface area contributed by atoms with Crippen molar-refractivity contribution in [3.63, 3.8) is 0 Å². The van der Waals surface area contributed by atoms with Gasteiger partial charge in [0.25, 0.3) is 5.91 Å². The topological polar surface area (TPSA) is 49.3 Å². The zero-order valence-electron chi connectivity index (χ0n) is 14.6. The number of fused-ring (bicyclic) bond motifs is 1. The summed E-state index contributed by atoms with van der Waals surface area (Å²) in [4.78, 5) is 26.0. The summed E-state index contributed by atoms with van der Waals surface area (Å²) in [6.45, 7) is 3.04. The Morgan fingerprint density at radius 2 is 1.85 bits per heavy atom. The zero-order valence-corrected chi connectivity index (χ0v) is 16.9. The highest BCUT2D eigenvalue weighted by Crippen LogP contribution is 2.26. The standard InChI is InChI=1S/C20H18BrClN4O/c21-15-12-17-19(24-13-15)18(6-7-23-17)25-8-1-9-26(11-10-25)20(27)14-2-4-16(22)5-3-14/h2-7,12-13H,1,8-11H2. The van der Waals surface area contributed by atoms with Gasteiger partial charge in [-0.2, -0.15) is 0 Å². The highest BCUT2D eigenvalue weighted by molar-refractivity contribution is 9.10. The predicted molar refractivity (Wildman–Crippen MR) is 111 cm³/mol. The summed E-state index contributed by atoms with van der Waals surface area (Å²) >= 11 is 9.37. The third-order valence-electron chi connectivity index (χ3n) is 4.74. The maximum absolute atomic E-state index is 12.8. The van der Waals surface area contributed by atoms with E-state index >= 15 is 0 Å². The molecule has 0 unspecified atom stereocenters. The lowest BCUT2D eigenvalue weighted by molar-refractivity contribution is 0.0767. The van der Waals surface area contributed by atoms with Crippen LogP contribution in [0.1, 0.15) is 16.8 Å². The van der Waals surface area contributed by atoms with Gasteiger partial charge >= 0.3 is 0 Å². The Kier molecular flexibility index (Phi) is 5.27. The summed E-state index contributed by atoms with van der Waals surface area (Å²) in [5.41, 5.74) is 3.49. The van der Waals surface area contributed by atoms with Gasteiger partial charge in [0.2, 0.25) is 0 Å². The normalized spacial score (nSPS) is 15.0. The minimum absolute atomic E-state index is 0.0511. The molecule has 5 nitrogen and oxygen atoms in total. The number of amides is 1. The van der Waals surface area contributed by atoms with Gasteiger partial charge in [0.05, 0.1) is 11.2 Å². The molecule has 0 N–H and O–H groups in total. The SMILES string of the molecule is O=C(c1ccc(Cl)cc1)N1CCCN(c2ccnc3cc(Br)cnc23)CC1. The van der Waals surface area contributed by atoms with Gasteiger partial charge < -0.3 is 9.80 Å². The van der Waals surface area contributed by atoms with Gasteiger partial charge in [-0.3, -0.25) is 14.8 Å². The summed E-state index contributed by atoms with van der Waals surface area (Å²) in [7, 11) is 0. The summed E-state index contributed by atoms with van der Waals surface area (Å²) in [5, 5.41) is 0.636. The minimum Gasteiger partial charge on any atom is -0.368 e. The minimum atomic E-state index is 0.0511. The third-order valence-corrected chi connectivity index (χ3v) is 5.42. The first-order valence-corrected chi connectivity index (χ1v) is 9.99. The van der Waals surface area contributed by atoms with Crippen molar-refractivity contribution in [3.8, 4) is 0 Å². The van der Waals surface area contributed by atoms with Gasteiger partial charge in [0, 0.05) is 53.6 Å². The van der Waals surface area contributed by atoms with Crippen LogP contribution >= 0.6 is 27.5 Å². The van der Waals surface area contributed by atoms with E-state index in [4.69, 9.17) is 11.6 Å². The van der Waals surface area contributed by atoms with Gasteiger partial charge in [-0.1, -0.05) is 11.6 Å². The largest absolute Gasteiger partial charge is 0.368 e. The van der Waals surface area contributed by atoms with E-state index in [2.05, 4.69) is 30.8 Å². The number of hydrogen-bond donors (Lipinski definition) is 0. The number of rotatable bonds is 2. The molecule has 27 heavy (non-hydrogen) atoms. The maximum Gasteiger partial charge on any atom is 0.253 e. The van der Waals surface area contributed by atoms with Crippen LogP contribution in [0.4, 0.5) is 5.69 Å². The third kappa shape index (κ3) is 3.92. The van der Waals surface area contributed by atoms with E-state index in [9.17, 15) is 4.79 Å². The lowest BCUT2D eigenvalue weighted by Crippen LogP contribution is -2.35. The van der Waals surface area contributed by atoms with Gasteiger partial charge in [-0.25, -0.2) is 0 Å². The van der Waals surface area contributed by atoms with E-state index in [0.29, 0.717) is 17.1 Å². The molecule has 0 bridgehead atoms. The number of benzene rings is 1. The van der Waals surface area contributed by atoms with E-state index in [1.54, 1.807) is 30.5 Å². The number of aromatic nitrogens is 2. The average Bonchev–Trinajstić information content (AvgIpc) is 2.93. The number of nitrogens with zero attached hydrogens (tertiary/aromatic N) is 4. The molecule has 1 aliphatic heterocycles. The summed E-state index contributed by atoms with van der Waals surface area (Å²) < 4.78 is 0.912. The Morgan fingerprint density at radius 1 is 1.04 bits per heavy atom. The van der Waals surface area contributed by atoms with Gasteiger partial charge in [0.15, 0.2) is 0 Å². The zero-order chi connectivity index (χ0) is 18.8. The Balaban J connectivity index is 1.54. The number of halogens is 2. The molecule has 138 valence electrons. The van der Waals surface area contributed by atoms with E-state index in [0.717, 1.165) is 47.2 Å². The fourth-order valence-corrected chi connectivity index (χ4v) is 3.83. The first kappa shape index (κ1) is 18.2. The molecular formula is C20H18BrClN4O. The smallest absolute Gasteiger partial charge is 0.253 e. The molecule has 4 rings (SSSR count). The molecule has 3 aromatic rings. The van der Waals surface area contributed by atoms with Crippen LogP contribution < -0.4 is 4.90 Å². The van der Waals surface area contributed by atoms with Crippen LogP contribution in [-0.4, -0.2) is 47.0 Å². The molecule has 0 saturated carbocycles. The van der Waals surface area contributed by atoms with Crippen LogP contribution in [0.2, 0.25) is 5.02 Å². The van der Waals surface area contributed by atoms with Gasteiger partial charge in [-0.05, 0) is 58.7 Å². The number of anilines is 1. The second-order valence-electron chi connectivity index (χ2n) is 6.49. The fraction of sp³-hybridized carbons (Fsp3) is 0.250. The van der Waals surface area contributed by atoms with Crippen molar-refractivity contribution in [1.29, 1.82) is 0 Å². The van der Waals surface area contributed by atoms with Crippen molar-refractivity contribution in [2.75, 3.05) is 31.1 Å². The van der Waals surface area contributed by atoms with Crippen LogP contribution in [-0.2, 0) is 0 Å². The molecule has 7 heteroatoms. The van der Waals surface area contributed by atoms with Crippen molar-refractivity contribution >= 4 is 50.2 Å². The number of pyridine rings is 2. The maximum atomic E-state index is 12.8. The van der Waals surface area contributed by atoms with Gasteiger partial charge in [0.1, 0.15) is 5.52 Å². The average molecular weight is 446 g/mol. The lowest BCUT2D eigenvalue weighted by Gasteiger charge is -2.24. The second-order valence-corrected chi connectivity index (χ2v) is 7.84. The van der Waals surface area contributed by atoms with Crippen LogP contribution in [0.25, 0.3) is 11.0 Å². The lowest BCUT2D eigenvalue weighted by atomic mass is 10.2. The van der Waals surface area contributed by atoms with E-state index in [1.165, 1.54) is 0 Å². The highest BCUT2D eigenvalue weighted by Gasteiger charge is 2.21. The Hall–Kier alpha value is -2.18. The fourth-order valence-electron chi connectivity index (χ4n) is 3.38. The molecule has 1 amide bonds. The van der Waals surface area contributed by atoms with Crippen molar-refractivity contribution in [2.45, 2.75) is 6.42 Å². The Morgan fingerprint density at radius 3 is 2.67 bits per heavy atom. The molecule has 0 aliphatic carbocycles. The first-order chi connectivity index (χ1) is 13.1. The highest BCUT2D eigenvalue weighted by atomic mass is 79.9. The van der Waals surface area contributed by atoms with Crippen LogP contribution in [0, 0.1) is 0 Å². The Labute approximate surface area is 171 Å². The van der Waals surface area contributed by atoms with Crippen LogP contribution in [0.5, 0.6) is 0 Å². The first-order valence-electron chi connectivity index (χ1n) is 8.82. The number of hydrogen-bond acceptors (Lipinski definition) is 4. The molecule has 2 aromatic heterocycles. The Bertz CT molecular complexity index is 979. The van der Waals surface area contributed by atoms with Crippen molar-refractivity contribution < 1.29 is 4.79 Å². The quantitative estimate of drug-likeness (QED) is 0.587. The van der Waals surface area contributed by atoms with E-state index in [1.807, 2.05) is 23.2 Å². The van der Waals surface area contributed by atoms with Crippen molar-refractivity contribution in [1.82, 2.24) is 14.9 Å². The second kappa shape index (κ2) is 7.82. The monoisotopic (exact) mass is 444 g/mol. The van der Waals surface area contributed by atoms with E-state index in [-0.39, 0.29) is 5.91 Å². The molecule has 3 heterocycles. The summed E-state index contributed by atoms with van der Waals surface area (Å²) in [6, 6.07) is 11.1. The number of carbonyl (C=O) groups is 1. The molecule has 1 aromatic carbocycles. The molecule has 1 fully saturated rings. The summed E-state index contributed by atoms with van der Waals surface area (Å²) in [6.07, 6.45) is 4.51. The van der Waals surface area contributed by atoms with E-state index < -0.39 is 0 Å². The summed E-state index contributed by atoms with van der Waals surface area (Å²) in [5.74, 6) is 0.0511. The predicted octanol–water partition coefficient (Wildman–Crippen LogP) is 4.40. The number of carbonyl (C=O) groups excluding carboxylic acids is 1. The molecule has 0 spiro atoms. The molecule has 1 aliphatic rings. The molecular weight excluding hydrogens is 428 g/mol.